The van der Waals surface area contributed by atoms with Crippen LogP contribution in [0.25, 0.3) is 0 Å². The van der Waals surface area contributed by atoms with E-state index >= 15 is 0 Å². The highest BCUT2D eigenvalue weighted by Crippen LogP contribution is 2.21. The lowest BCUT2D eigenvalue weighted by atomic mass is 10.1. The Kier molecular flexibility index (Phi) is 7.68. The quantitative estimate of drug-likeness (QED) is 0.447. The van der Waals surface area contributed by atoms with Crippen molar-refractivity contribution in [1.29, 1.82) is 0 Å². The Hall–Kier alpha value is -2.60. The van der Waals surface area contributed by atoms with Gasteiger partial charge in [0, 0.05) is 20.1 Å². The molecular weight excluding hydrogens is 464 g/mol. The first-order valence-corrected chi connectivity index (χ1v) is 13.4. The predicted molar refractivity (Wildman–Crippen MR) is 126 cm³/mol. The molecule has 33 heavy (non-hydrogen) atoms. The predicted octanol–water partition coefficient (Wildman–Crippen LogP) is 1.94. The van der Waals surface area contributed by atoms with Crippen LogP contribution in [-0.2, 0) is 24.8 Å². The fourth-order valence-electron chi connectivity index (χ4n) is 3.37. The van der Waals surface area contributed by atoms with Crippen LogP contribution in [0.1, 0.15) is 30.9 Å². The Bertz CT molecular complexity index is 1230. The number of aryl methyl sites for hydroxylation is 1. The number of carbonyl (C=O) groups is 1. The minimum atomic E-state index is -3.80. The van der Waals surface area contributed by atoms with Crippen LogP contribution in [0.4, 0.5) is 0 Å². The molecule has 0 spiro atoms. The molecule has 0 atom stereocenters. The highest BCUT2D eigenvalue weighted by atomic mass is 32.2. The molecule has 0 unspecified atom stereocenters. The molecule has 2 aromatic carbocycles. The van der Waals surface area contributed by atoms with Gasteiger partial charge in [0.25, 0.3) is 5.91 Å². The van der Waals surface area contributed by atoms with Gasteiger partial charge in [-0.25, -0.2) is 22.3 Å². The molecule has 11 heteroatoms. The molecular formula is C22H28N4O5S2. The normalized spacial score (nSPS) is 15.7. The second-order valence-electron chi connectivity index (χ2n) is 7.94. The van der Waals surface area contributed by atoms with Gasteiger partial charge in [0.1, 0.15) is 0 Å². The fourth-order valence-corrected chi connectivity index (χ4v) is 6.01. The highest BCUT2D eigenvalue weighted by Gasteiger charge is 2.27. The average Bonchev–Trinajstić information content (AvgIpc) is 3.34. The largest absolute Gasteiger partial charge is 0.272 e. The molecule has 9 nitrogen and oxygen atoms in total. The van der Waals surface area contributed by atoms with E-state index < -0.39 is 32.5 Å². The van der Waals surface area contributed by atoms with E-state index in [0.717, 1.165) is 22.7 Å². The first-order valence-electron chi connectivity index (χ1n) is 10.5. The van der Waals surface area contributed by atoms with Crippen LogP contribution in [0.2, 0.25) is 0 Å². The number of likely N-dealkylation sites (N-methyl/N-ethyl adjacent to an activating group) is 1. The maximum atomic E-state index is 12.6. The van der Waals surface area contributed by atoms with Crippen molar-refractivity contribution >= 4 is 31.7 Å². The third kappa shape index (κ3) is 5.85. The standard InChI is InChI=1S/C22H28N4O5S2/c1-17-6-10-20(11-7-17)32(28,29)25(3)16-22(27)24-23-18(2)19-8-12-21(13-9-19)33(30,31)26-14-4-5-15-26/h6-13H,4-5,14-16H2,1-3H3,(H,24,27)/b23-18+. The van der Waals surface area contributed by atoms with Crippen molar-refractivity contribution in [2.24, 2.45) is 5.10 Å². The Morgan fingerprint density at radius 1 is 0.970 bits per heavy atom. The van der Waals surface area contributed by atoms with Crippen molar-refractivity contribution < 1.29 is 21.6 Å². The van der Waals surface area contributed by atoms with Crippen LogP contribution in [0.5, 0.6) is 0 Å². The first-order chi connectivity index (χ1) is 15.5. The minimum Gasteiger partial charge on any atom is -0.272 e. The van der Waals surface area contributed by atoms with Gasteiger partial charge in [-0.2, -0.15) is 13.7 Å². The summed E-state index contributed by atoms with van der Waals surface area (Å²) in [5.74, 6) is -0.597. The van der Waals surface area contributed by atoms with E-state index in [1.165, 1.54) is 35.6 Å². The van der Waals surface area contributed by atoms with Gasteiger partial charge in [-0.3, -0.25) is 4.79 Å². The zero-order valence-electron chi connectivity index (χ0n) is 18.9. The van der Waals surface area contributed by atoms with Gasteiger partial charge in [-0.05, 0) is 56.5 Å². The van der Waals surface area contributed by atoms with Crippen LogP contribution in [0, 0.1) is 6.92 Å². The second kappa shape index (κ2) is 10.1. The Balaban J connectivity index is 1.62. The number of sulfonamides is 2. The van der Waals surface area contributed by atoms with Crippen LogP contribution in [-0.4, -0.2) is 63.7 Å². The molecule has 0 radical (unpaired) electrons. The zero-order chi connectivity index (χ0) is 24.2. The van der Waals surface area contributed by atoms with Gasteiger partial charge in [-0.15, -0.1) is 0 Å². The number of nitrogens with zero attached hydrogens (tertiary/aromatic N) is 3. The molecule has 0 aromatic heterocycles. The van der Waals surface area contributed by atoms with Crippen molar-refractivity contribution in [2.45, 2.75) is 36.5 Å². The summed E-state index contributed by atoms with van der Waals surface area (Å²) >= 11 is 0. The molecule has 1 aliphatic rings. The zero-order valence-corrected chi connectivity index (χ0v) is 20.5. The lowest BCUT2D eigenvalue weighted by molar-refractivity contribution is -0.121. The molecule has 0 saturated carbocycles. The van der Waals surface area contributed by atoms with Gasteiger partial charge in [0.2, 0.25) is 20.0 Å². The Morgan fingerprint density at radius 3 is 2.09 bits per heavy atom. The minimum absolute atomic E-state index is 0.104. The van der Waals surface area contributed by atoms with Crippen LogP contribution >= 0.6 is 0 Å². The van der Waals surface area contributed by atoms with Gasteiger partial charge in [0.05, 0.1) is 22.0 Å². The van der Waals surface area contributed by atoms with Crippen LogP contribution in [0.15, 0.2) is 63.4 Å². The number of hydrogen-bond acceptors (Lipinski definition) is 6. The molecule has 1 heterocycles. The number of rotatable bonds is 8. The fraction of sp³-hybridized carbons (Fsp3) is 0.364. The molecule has 1 N–H and O–H groups in total. The van der Waals surface area contributed by atoms with E-state index in [-0.39, 0.29) is 9.79 Å². The summed E-state index contributed by atoms with van der Waals surface area (Å²) in [6.07, 6.45) is 1.73. The van der Waals surface area contributed by atoms with E-state index in [4.69, 9.17) is 0 Å². The van der Waals surface area contributed by atoms with Crippen molar-refractivity contribution in [3.63, 3.8) is 0 Å². The lowest BCUT2D eigenvalue weighted by Gasteiger charge is -2.16. The molecule has 1 aliphatic heterocycles. The highest BCUT2D eigenvalue weighted by molar-refractivity contribution is 7.89. The Labute approximate surface area is 195 Å². The monoisotopic (exact) mass is 492 g/mol. The van der Waals surface area contributed by atoms with E-state index in [9.17, 15) is 21.6 Å². The number of benzene rings is 2. The molecule has 178 valence electrons. The number of amides is 1. The summed E-state index contributed by atoms with van der Waals surface area (Å²) in [7, 11) is -5.98. The van der Waals surface area contributed by atoms with Crippen molar-refractivity contribution in [1.82, 2.24) is 14.0 Å². The van der Waals surface area contributed by atoms with E-state index in [1.807, 2.05) is 6.92 Å². The maximum Gasteiger partial charge on any atom is 0.255 e. The van der Waals surface area contributed by atoms with Gasteiger partial charge in [-0.1, -0.05) is 29.8 Å². The molecule has 1 saturated heterocycles. The number of hydrogen-bond donors (Lipinski definition) is 1. The van der Waals surface area contributed by atoms with Gasteiger partial charge in [0.15, 0.2) is 0 Å². The summed E-state index contributed by atoms with van der Waals surface area (Å²) in [6, 6.07) is 12.7. The summed E-state index contributed by atoms with van der Waals surface area (Å²) in [5.41, 5.74) is 4.37. The van der Waals surface area contributed by atoms with E-state index in [2.05, 4.69) is 10.5 Å². The van der Waals surface area contributed by atoms with Crippen molar-refractivity contribution in [2.75, 3.05) is 26.7 Å². The summed E-state index contributed by atoms with van der Waals surface area (Å²) in [4.78, 5) is 12.6. The molecule has 1 fully saturated rings. The van der Waals surface area contributed by atoms with Crippen molar-refractivity contribution in [3.05, 3.63) is 59.7 Å². The number of carbonyl (C=O) groups excluding carboxylic acids is 1. The Morgan fingerprint density at radius 2 is 1.52 bits per heavy atom. The maximum absolute atomic E-state index is 12.6. The van der Waals surface area contributed by atoms with Crippen LogP contribution in [0.3, 0.4) is 0 Å². The van der Waals surface area contributed by atoms with Crippen molar-refractivity contribution in [3.8, 4) is 0 Å². The van der Waals surface area contributed by atoms with Gasteiger partial charge < -0.3 is 0 Å². The average molecular weight is 493 g/mol. The molecule has 0 aliphatic carbocycles. The summed E-state index contributed by atoms with van der Waals surface area (Å²) in [5, 5.41) is 4.02. The second-order valence-corrected chi connectivity index (χ2v) is 11.9. The first kappa shape index (κ1) is 25.0. The lowest BCUT2D eigenvalue weighted by Crippen LogP contribution is -2.36. The molecule has 0 bridgehead atoms. The SMILES string of the molecule is C/C(=N\NC(=O)CN(C)S(=O)(=O)c1ccc(C)cc1)c1ccc(S(=O)(=O)N2CCCC2)cc1. The smallest absolute Gasteiger partial charge is 0.255 e. The van der Waals surface area contributed by atoms with E-state index in [1.54, 1.807) is 31.2 Å². The summed E-state index contributed by atoms with van der Waals surface area (Å²) in [6.45, 7) is 4.18. The number of nitrogens with one attached hydrogen (secondary N) is 1. The molecule has 2 aromatic rings. The molecule has 1 amide bonds. The molecule has 3 rings (SSSR count). The third-order valence-corrected chi connectivity index (χ3v) is 9.15. The van der Waals surface area contributed by atoms with E-state index in [0.29, 0.717) is 24.4 Å². The number of hydrazone groups is 1. The summed E-state index contributed by atoms with van der Waals surface area (Å²) < 4.78 is 52.9. The third-order valence-electron chi connectivity index (χ3n) is 5.42. The van der Waals surface area contributed by atoms with Gasteiger partial charge >= 0.3 is 0 Å². The van der Waals surface area contributed by atoms with Crippen LogP contribution < -0.4 is 5.43 Å². The topological polar surface area (TPSA) is 116 Å².